The van der Waals surface area contributed by atoms with Crippen LogP contribution in [0.3, 0.4) is 0 Å². The monoisotopic (exact) mass is 375 g/mol. The SMILES string of the molecule is CCNC(=O)c1cccc(NC(=O)COC(=O)CN2CCCCCC2=O)c1. The maximum absolute atomic E-state index is 12.0. The Morgan fingerprint density at radius 3 is 2.78 bits per heavy atom. The standard InChI is InChI=1S/C19H25N3O5/c1-2-20-19(26)14-7-6-8-15(11-14)21-16(23)13-27-18(25)12-22-10-5-3-4-9-17(22)24/h6-8,11H,2-5,9-10,12-13H2,1H3,(H,20,26)(H,21,23). The Morgan fingerprint density at radius 1 is 1.19 bits per heavy atom. The van der Waals surface area contributed by atoms with Gasteiger partial charge in [0.25, 0.3) is 11.8 Å². The molecule has 1 aromatic rings. The maximum Gasteiger partial charge on any atom is 0.326 e. The molecule has 3 amide bonds. The summed E-state index contributed by atoms with van der Waals surface area (Å²) >= 11 is 0. The van der Waals surface area contributed by atoms with Gasteiger partial charge in [0.15, 0.2) is 6.61 Å². The van der Waals surface area contributed by atoms with Gasteiger partial charge in [-0.1, -0.05) is 12.5 Å². The minimum Gasteiger partial charge on any atom is -0.454 e. The van der Waals surface area contributed by atoms with Gasteiger partial charge >= 0.3 is 5.97 Å². The van der Waals surface area contributed by atoms with Crippen LogP contribution in [0.5, 0.6) is 0 Å². The summed E-state index contributed by atoms with van der Waals surface area (Å²) in [6.07, 6.45) is 3.11. The number of hydrogen-bond donors (Lipinski definition) is 2. The number of amides is 3. The summed E-state index contributed by atoms with van der Waals surface area (Å²) in [5.74, 6) is -1.42. The zero-order valence-electron chi connectivity index (χ0n) is 15.5. The molecule has 0 spiro atoms. The van der Waals surface area contributed by atoms with E-state index in [1.54, 1.807) is 24.3 Å². The summed E-state index contributed by atoms with van der Waals surface area (Å²) in [4.78, 5) is 49.0. The lowest BCUT2D eigenvalue weighted by molar-refractivity contribution is -0.151. The highest BCUT2D eigenvalue weighted by Crippen LogP contribution is 2.12. The number of anilines is 1. The number of rotatable bonds is 7. The molecule has 0 aliphatic carbocycles. The number of likely N-dealkylation sites (tertiary alicyclic amines) is 1. The van der Waals surface area contributed by atoms with Gasteiger partial charge in [-0.2, -0.15) is 0 Å². The van der Waals surface area contributed by atoms with Gasteiger partial charge in [0, 0.05) is 30.8 Å². The van der Waals surface area contributed by atoms with E-state index in [-0.39, 0.29) is 18.4 Å². The highest BCUT2D eigenvalue weighted by atomic mass is 16.5. The normalized spacial score (nSPS) is 14.3. The van der Waals surface area contributed by atoms with E-state index in [4.69, 9.17) is 4.74 Å². The van der Waals surface area contributed by atoms with Gasteiger partial charge in [-0.3, -0.25) is 19.2 Å². The molecule has 1 saturated heterocycles. The molecule has 146 valence electrons. The number of carbonyl (C=O) groups is 4. The van der Waals surface area contributed by atoms with Crippen molar-refractivity contribution in [3.63, 3.8) is 0 Å². The maximum atomic E-state index is 12.0. The summed E-state index contributed by atoms with van der Waals surface area (Å²) in [7, 11) is 0. The highest BCUT2D eigenvalue weighted by molar-refractivity contribution is 5.97. The first kappa shape index (κ1) is 20.4. The Hall–Kier alpha value is -2.90. The van der Waals surface area contributed by atoms with Crippen LogP contribution in [0.1, 0.15) is 43.0 Å². The zero-order valence-corrected chi connectivity index (χ0v) is 15.5. The van der Waals surface area contributed by atoms with Crippen molar-refractivity contribution in [3.8, 4) is 0 Å². The van der Waals surface area contributed by atoms with Gasteiger partial charge < -0.3 is 20.3 Å². The van der Waals surface area contributed by atoms with Crippen LogP contribution in [0.2, 0.25) is 0 Å². The molecule has 0 unspecified atom stereocenters. The predicted octanol–water partition coefficient (Wildman–Crippen LogP) is 1.32. The van der Waals surface area contributed by atoms with Crippen LogP contribution in [0.25, 0.3) is 0 Å². The van der Waals surface area contributed by atoms with Crippen molar-refractivity contribution < 1.29 is 23.9 Å². The van der Waals surface area contributed by atoms with Crippen LogP contribution in [-0.2, 0) is 19.1 Å². The van der Waals surface area contributed by atoms with Crippen LogP contribution < -0.4 is 10.6 Å². The average molecular weight is 375 g/mol. The lowest BCUT2D eigenvalue weighted by Gasteiger charge is -2.19. The molecule has 27 heavy (non-hydrogen) atoms. The Labute approximate surface area is 158 Å². The van der Waals surface area contributed by atoms with Crippen LogP contribution in [0.15, 0.2) is 24.3 Å². The summed E-state index contributed by atoms with van der Waals surface area (Å²) < 4.78 is 4.96. The molecule has 2 rings (SSSR count). The first-order chi connectivity index (χ1) is 13.0. The van der Waals surface area contributed by atoms with Crippen LogP contribution >= 0.6 is 0 Å². The molecule has 8 nitrogen and oxygen atoms in total. The van der Waals surface area contributed by atoms with Gasteiger partial charge in [-0.15, -0.1) is 0 Å². The van der Waals surface area contributed by atoms with E-state index >= 15 is 0 Å². The predicted molar refractivity (Wildman–Crippen MR) is 99.1 cm³/mol. The average Bonchev–Trinajstić information content (AvgIpc) is 2.85. The molecule has 1 fully saturated rings. The van der Waals surface area contributed by atoms with E-state index in [2.05, 4.69) is 10.6 Å². The Balaban J connectivity index is 1.80. The van der Waals surface area contributed by atoms with E-state index in [1.807, 2.05) is 6.92 Å². The number of nitrogens with one attached hydrogen (secondary N) is 2. The molecular weight excluding hydrogens is 350 g/mol. The topological polar surface area (TPSA) is 105 Å². The van der Waals surface area contributed by atoms with Gasteiger partial charge in [0.2, 0.25) is 5.91 Å². The fourth-order valence-electron chi connectivity index (χ4n) is 2.75. The number of ether oxygens (including phenoxy) is 1. The number of esters is 1. The van der Waals surface area contributed by atoms with E-state index < -0.39 is 18.5 Å². The number of carbonyl (C=O) groups excluding carboxylic acids is 4. The molecule has 0 bridgehead atoms. The third-order valence-corrected chi connectivity index (χ3v) is 4.10. The molecule has 1 heterocycles. The van der Waals surface area contributed by atoms with Crippen molar-refractivity contribution in [2.24, 2.45) is 0 Å². The third kappa shape index (κ3) is 6.73. The molecular formula is C19H25N3O5. The fourth-order valence-corrected chi connectivity index (χ4v) is 2.75. The van der Waals surface area contributed by atoms with Crippen molar-refractivity contribution in [2.45, 2.75) is 32.6 Å². The van der Waals surface area contributed by atoms with Crippen molar-refractivity contribution in [1.29, 1.82) is 0 Å². The summed E-state index contributed by atoms with van der Waals surface area (Å²) in [5, 5.41) is 5.26. The molecule has 8 heteroatoms. The molecule has 0 saturated carbocycles. The molecule has 0 atom stereocenters. The van der Waals surface area contributed by atoms with Crippen LogP contribution in [0.4, 0.5) is 5.69 Å². The van der Waals surface area contributed by atoms with Crippen molar-refractivity contribution in [3.05, 3.63) is 29.8 Å². The number of nitrogens with zero attached hydrogens (tertiary/aromatic N) is 1. The Kier molecular flexibility index (Phi) is 7.79. The quantitative estimate of drug-likeness (QED) is 0.700. The molecule has 1 aliphatic rings. The first-order valence-corrected chi connectivity index (χ1v) is 9.11. The van der Waals surface area contributed by atoms with Gasteiger partial charge in [-0.05, 0) is 38.0 Å². The Bertz CT molecular complexity index is 704. The molecule has 1 aliphatic heterocycles. The summed E-state index contributed by atoms with van der Waals surface area (Å²) in [5.41, 5.74) is 0.855. The van der Waals surface area contributed by atoms with E-state index in [1.165, 1.54) is 4.90 Å². The van der Waals surface area contributed by atoms with Crippen LogP contribution in [0, 0.1) is 0 Å². The highest BCUT2D eigenvalue weighted by Gasteiger charge is 2.20. The van der Waals surface area contributed by atoms with Crippen molar-refractivity contribution >= 4 is 29.4 Å². The molecule has 0 radical (unpaired) electrons. The lowest BCUT2D eigenvalue weighted by Crippen LogP contribution is -2.36. The van der Waals surface area contributed by atoms with Gasteiger partial charge in [0.05, 0.1) is 0 Å². The van der Waals surface area contributed by atoms with Crippen LogP contribution in [-0.4, -0.2) is 54.8 Å². The Morgan fingerprint density at radius 2 is 2.00 bits per heavy atom. The summed E-state index contributed by atoms with van der Waals surface area (Å²) in [6, 6.07) is 6.47. The molecule has 0 aromatic heterocycles. The van der Waals surface area contributed by atoms with Crippen molar-refractivity contribution in [2.75, 3.05) is 31.6 Å². The number of hydrogen-bond acceptors (Lipinski definition) is 5. The number of benzene rings is 1. The summed E-state index contributed by atoms with van der Waals surface area (Å²) in [6.45, 7) is 2.26. The first-order valence-electron chi connectivity index (χ1n) is 9.11. The minimum absolute atomic E-state index is 0.0592. The van der Waals surface area contributed by atoms with E-state index in [9.17, 15) is 19.2 Å². The third-order valence-electron chi connectivity index (χ3n) is 4.10. The fraction of sp³-hybridized carbons (Fsp3) is 0.474. The second kappa shape index (κ2) is 10.3. The molecule has 2 N–H and O–H groups in total. The second-order valence-corrected chi connectivity index (χ2v) is 6.28. The zero-order chi connectivity index (χ0) is 19.6. The van der Waals surface area contributed by atoms with E-state index in [0.717, 1.165) is 19.3 Å². The van der Waals surface area contributed by atoms with E-state index in [0.29, 0.717) is 30.8 Å². The smallest absolute Gasteiger partial charge is 0.326 e. The lowest BCUT2D eigenvalue weighted by atomic mass is 10.2. The minimum atomic E-state index is -0.614. The van der Waals surface area contributed by atoms with Gasteiger partial charge in [0.1, 0.15) is 6.54 Å². The second-order valence-electron chi connectivity index (χ2n) is 6.28. The molecule has 1 aromatic carbocycles. The van der Waals surface area contributed by atoms with Crippen molar-refractivity contribution in [1.82, 2.24) is 10.2 Å². The largest absolute Gasteiger partial charge is 0.454 e. The van der Waals surface area contributed by atoms with Gasteiger partial charge in [-0.25, -0.2) is 0 Å².